The average molecular weight is 233 g/mol. The molecule has 0 fully saturated rings. The molecule has 0 aliphatic rings. The number of aryl methyl sites for hydroxylation is 1. The van der Waals surface area contributed by atoms with Gasteiger partial charge in [-0.3, -0.25) is 4.99 Å². The second-order valence-electron chi connectivity index (χ2n) is 4.37. The van der Waals surface area contributed by atoms with E-state index in [2.05, 4.69) is 60.7 Å². The number of hydrogen-bond donors (Lipinski definition) is 2. The second kappa shape index (κ2) is 6.94. The fourth-order valence-electron chi connectivity index (χ4n) is 1.54. The van der Waals surface area contributed by atoms with Gasteiger partial charge in [0.05, 0.1) is 0 Å². The molecule has 0 heterocycles. The molecule has 0 aliphatic heterocycles. The molecule has 2 N–H and O–H groups in total. The van der Waals surface area contributed by atoms with Crippen LogP contribution in [0.1, 0.15) is 31.4 Å². The number of nitrogens with zero attached hydrogens (tertiary/aromatic N) is 1. The van der Waals surface area contributed by atoms with Crippen LogP contribution < -0.4 is 10.6 Å². The van der Waals surface area contributed by atoms with Crippen LogP contribution in [-0.4, -0.2) is 19.0 Å². The van der Waals surface area contributed by atoms with Gasteiger partial charge in [0, 0.05) is 19.6 Å². The summed E-state index contributed by atoms with van der Waals surface area (Å²) in [7, 11) is 1.80. The third-order valence-electron chi connectivity index (χ3n) is 2.76. The summed E-state index contributed by atoms with van der Waals surface area (Å²) in [6.45, 7) is 7.22. The Morgan fingerprint density at radius 2 is 2.18 bits per heavy atom. The monoisotopic (exact) mass is 233 g/mol. The first-order valence-electron chi connectivity index (χ1n) is 6.18. The number of benzene rings is 1. The summed E-state index contributed by atoms with van der Waals surface area (Å²) in [5, 5.41) is 6.66. The lowest BCUT2D eigenvalue weighted by atomic mass is 10.1. The molecule has 0 spiro atoms. The third-order valence-corrected chi connectivity index (χ3v) is 2.76. The standard InChI is InChI=1S/C14H23N3/c1-5-12(3)17-14(15-4)16-10-13-8-6-7-11(2)9-13/h6-9,12H,5,10H2,1-4H3,(H2,15,16,17). The Labute approximate surface area is 104 Å². The first-order chi connectivity index (χ1) is 8.15. The van der Waals surface area contributed by atoms with Gasteiger partial charge in [0.1, 0.15) is 0 Å². The van der Waals surface area contributed by atoms with Gasteiger partial charge in [-0.15, -0.1) is 0 Å². The minimum Gasteiger partial charge on any atom is -0.354 e. The van der Waals surface area contributed by atoms with Crippen molar-refractivity contribution < 1.29 is 0 Å². The van der Waals surface area contributed by atoms with E-state index in [-0.39, 0.29) is 0 Å². The maximum Gasteiger partial charge on any atom is 0.191 e. The van der Waals surface area contributed by atoms with E-state index in [1.165, 1.54) is 11.1 Å². The highest BCUT2D eigenvalue weighted by Gasteiger charge is 2.02. The van der Waals surface area contributed by atoms with E-state index >= 15 is 0 Å². The van der Waals surface area contributed by atoms with Gasteiger partial charge in [-0.1, -0.05) is 36.8 Å². The molecule has 94 valence electrons. The lowest BCUT2D eigenvalue weighted by molar-refractivity contribution is 0.624. The molecule has 1 aromatic rings. The lowest BCUT2D eigenvalue weighted by Crippen LogP contribution is -2.41. The Bertz CT molecular complexity index is 371. The molecule has 0 radical (unpaired) electrons. The number of guanidine groups is 1. The summed E-state index contributed by atoms with van der Waals surface area (Å²) in [4.78, 5) is 4.21. The number of rotatable bonds is 4. The summed E-state index contributed by atoms with van der Waals surface area (Å²) < 4.78 is 0. The molecule has 0 bridgehead atoms. The summed E-state index contributed by atoms with van der Waals surface area (Å²) >= 11 is 0. The van der Waals surface area contributed by atoms with Crippen LogP contribution in [0.3, 0.4) is 0 Å². The molecule has 0 amide bonds. The SMILES string of the molecule is CCC(C)NC(=NC)NCc1cccc(C)c1. The minimum atomic E-state index is 0.443. The van der Waals surface area contributed by atoms with Gasteiger partial charge in [0.2, 0.25) is 0 Å². The Hall–Kier alpha value is -1.51. The zero-order valence-corrected chi connectivity index (χ0v) is 11.2. The minimum absolute atomic E-state index is 0.443. The highest BCUT2D eigenvalue weighted by Crippen LogP contribution is 2.03. The summed E-state index contributed by atoms with van der Waals surface area (Å²) in [5.41, 5.74) is 2.56. The zero-order chi connectivity index (χ0) is 12.7. The average Bonchev–Trinajstić information content (AvgIpc) is 2.34. The van der Waals surface area contributed by atoms with Gasteiger partial charge < -0.3 is 10.6 Å². The van der Waals surface area contributed by atoms with E-state index in [1.54, 1.807) is 7.05 Å². The van der Waals surface area contributed by atoms with Crippen molar-refractivity contribution in [1.82, 2.24) is 10.6 Å². The number of hydrogen-bond acceptors (Lipinski definition) is 1. The molecule has 0 aliphatic carbocycles. The van der Waals surface area contributed by atoms with Crippen molar-refractivity contribution in [2.45, 2.75) is 39.8 Å². The highest BCUT2D eigenvalue weighted by atomic mass is 15.2. The lowest BCUT2D eigenvalue weighted by Gasteiger charge is -2.16. The fraction of sp³-hybridized carbons (Fsp3) is 0.500. The molecule has 0 saturated heterocycles. The molecule has 3 heteroatoms. The van der Waals surface area contributed by atoms with Gasteiger partial charge in [-0.2, -0.15) is 0 Å². The van der Waals surface area contributed by atoms with E-state index in [9.17, 15) is 0 Å². The van der Waals surface area contributed by atoms with Crippen LogP contribution in [0, 0.1) is 6.92 Å². The molecular weight excluding hydrogens is 210 g/mol. The van der Waals surface area contributed by atoms with Crippen molar-refractivity contribution in [3.63, 3.8) is 0 Å². The van der Waals surface area contributed by atoms with Gasteiger partial charge in [0.15, 0.2) is 5.96 Å². The molecule has 1 aromatic carbocycles. The van der Waals surface area contributed by atoms with Gasteiger partial charge in [-0.05, 0) is 25.8 Å². The molecule has 0 aromatic heterocycles. The normalized spacial score (nSPS) is 13.3. The van der Waals surface area contributed by atoms with Crippen molar-refractivity contribution in [3.8, 4) is 0 Å². The topological polar surface area (TPSA) is 36.4 Å². The number of nitrogens with one attached hydrogen (secondary N) is 2. The predicted molar refractivity (Wildman–Crippen MR) is 74.3 cm³/mol. The van der Waals surface area contributed by atoms with Crippen LogP contribution in [-0.2, 0) is 6.54 Å². The molecule has 1 atom stereocenters. The molecule has 1 unspecified atom stereocenters. The second-order valence-corrected chi connectivity index (χ2v) is 4.37. The first kappa shape index (κ1) is 13.6. The summed E-state index contributed by atoms with van der Waals surface area (Å²) in [6, 6.07) is 8.94. The first-order valence-corrected chi connectivity index (χ1v) is 6.18. The highest BCUT2D eigenvalue weighted by molar-refractivity contribution is 5.79. The van der Waals surface area contributed by atoms with Crippen LogP contribution in [0.25, 0.3) is 0 Å². The smallest absolute Gasteiger partial charge is 0.191 e. The molecule has 17 heavy (non-hydrogen) atoms. The zero-order valence-electron chi connectivity index (χ0n) is 11.2. The van der Waals surface area contributed by atoms with E-state index < -0.39 is 0 Å². The Balaban J connectivity index is 2.48. The summed E-state index contributed by atoms with van der Waals surface area (Å²) in [5.74, 6) is 0.862. The van der Waals surface area contributed by atoms with Gasteiger partial charge >= 0.3 is 0 Å². The van der Waals surface area contributed by atoms with Crippen molar-refractivity contribution in [3.05, 3.63) is 35.4 Å². The van der Waals surface area contributed by atoms with Crippen LogP contribution >= 0.6 is 0 Å². The van der Waals surface area contributed by atoms with Crippen LogP contribution in [0.2, 0.25) is 0 Å². The van der Waals surface area contributed by atoms with Crippen LogP contribution in [0.4, 0.5) is 0 Å². The van der Waals surface area contributed by atoms with Crippen molar-refractivity contribution >= 4 is 5.96 Å². The Morgan fingerprint density at radius 3 is 2.76 bits per heavy atom. The molecule has 1 rings (SSSR count). The Morgan fingerprint density at radius 1 is 1.41 bits per heavy atom. The molecular formula is C14H23N3. The van der Waals surface area contributed by atoms with Gasteiger partial charge in [0.25, 0.3) is 0 Å². The maximum atomic E-state index is 4.21. The predicted octanol–water partition coefficient (Wildman–Crippen LogP) is 2.46. The van der Waals surface area contributed by atoms with Crippen molar-refractivity contribution in [2.24, 2.45) is 4.99 Å². The van der Waals surface area contributed by atoms with Crippen LogP contribution in [0.15, 0.2) is 29.3 Å². The summed E-state index contributed by atoms with van der Waals surface area (Å²) in [6.07, 6.45) is 1.09. The number of aliphatic imine (C=N–C) groups is 1. The van der Waals surface area contributed by atoms with Crippen molar-refractivity contribution in [2.75, 3.05) is 7.05 Å². The quantitative estimate of drug-likeness (QED) is 0.619. The van der Waals surface area contributed by atoms with Crippen molar-refractivity contribution in [1.29, 1.82) is 0 Å². The molecule has 0 saturated carbocycles. The maximum absolute atomic E-state index is 4.21. The Kier molecular flexibility index (Phi) is 5.53. The fourth-order valence-corrected chi connectivity index (χ4v) is 1.54. The van der Waals surface area contributed by atoms with Crippen LogP contribution in [0.5, 0.6) is 0 Å². The van der Waals surface area contributed by atoms with E-state index in [1.807, 2.05) is 0 Å². The third kappa shape index (κ3) is 4.89. The molecule has 3 nitrogen and oxygen atoms in total. The van der Waals surface area contributed by atoms with E-state index in [0.717, 1.165) is 18.9 Å². The van der Waals surface area contributed by atoms with E-state index in [0.29, 0.717) is 6.04 Å². The largest absolute Gasteiger partial charge is 0.354 e. The van der Waals surface area contributed by atoms with E-state index in [4.69, 9.17) is 0 Å². The van der Waals surface area contributed by atoms with Gasteiger partial charge in [-0.25, -0.2) is 0 Å².